The standard InChI is InChI=1S/C10H10BrNO2/c11-8-5-10-9(13-6-14-10)4-7(8)2-1-3-12/h1-2,4-5H,3,6,12H2. The lowest BCUT2D eigenvalue weighted by Crippen LogP contribution is -1.93. The fourth-order valence-corrected chi connectivity index (χ4v) is 1.71. The van der Waals surface area contributed by atoms with Crippen LogP contribution in [0.1, 0.15) is 5.56 Å². The second-order valence-corrected chi connectivity index (χ2v) is 3.72. The van der Waals surface area contributed by atoms with Crippen molar-refractivity contribution in [2.75, 3.05) is 13.3 Å². The SMILES string of the molecule is NCC=Cc1cc2c(cc1Br)OCO2. The third-order valence-corrected chi connectivity index (χ3v) is 2.61. The first-order valence-electron chi connectivity index (χ1n) is 4.27. The molecule has 1 aromatic carbocycles. The van der Waals surface area contributed by atoms with Crippen LogP contribution in [-0.2, 0) is 0 Å². The van der Waals surface area contributed by atoms with Gasteiger partial charge in [0.15, 0.2) is 11.5 Å². The molecule has 0 atom stereocenters. The zero-order valence-electron chi connectivity index (χ0n) is 7.50. The summed E-state index contributed by atoms with van der Waals surface area (Å²) in [4.78, 5) is 0. The Morgan fingerprint density at radius 3 is 2.79 bits per heavy atom. The summed E-state index contributed by atoms with van der Waals surface area (Å²) in [6, 6.07) is 3.83. The smallest absolute Gasteiger partial charge is 0.231 e. The van der Waals surface area contributed by atoms with E-state index >= 15 is 0 Å². The van der Waals surface area contributed by atoms with E-state index in [-0.39, 0.29) is 0 Å². The Balaban J connectivity index is 2.37. The molecule has 0 aliphatic carbocycles. The fourth-order valence-electron chi connectivity index (χ4n) is 1.26. The Kier molecular flexibility index (Phi) is 2.74. The van der Waals surface area contributed by atoms with Gasteiger partial charge in [-0.05, 0) is 17.7 Å². The van der Waals surface area contributed by atoms with Crippen molar-refractivity contribution >= 4 is 22.0 Å². The number of hydrogen-bond acceptors (Lipinski definition) is 3. The van der Waals surface area contributed by atoms with E-state index in [2.05, 4.69) is 15.9 Å². The molecular weight excluding hydrogens is 246 g/mol. The van der Waals surface area contributed by atoms with Crippen LogP contribution < -0.4 is 15.2 Å². The average Bonchev–Trinajstić information content (AvgIpc) is 2.61. The maximum absolute atomic E-state index is 5.38. The third kappa shape index (κ3) is 1.76. The molecule has 0 spiro atoms. The molecule has 74 valence electrons. The fraction of sp³-hybridized carbons (Fsp3) is 0.200. The molecule has 0 amide bonds. The Bertz CT molecular complexity index is 377. The van der Waals surface area contributed by atoms with Gasteiger partial charge in [0.2, 0.25) is 6.79 Å². The van der Waals surface area contributed by atoms with Crippen LogP contribution in [0.3, 0.4) is 0 Å². The zero-order chi connectivity index (χ0) is 9.97. The average molecular weight is 256 g/mol. The molecule has 1 heterocycles. The van der Waals surface area contributed by atoms with Crippen molar-refractivity contribution in [2.24, 2.45) is 5.73 Å². The molecule has 0 aromatic heterocycles. The Morgan fingerprint density at radius 1 is 1.36 bits per heavy atom. The van der Waals surface area contributed by atoms with Crippen LogP contribution in [0.5, 0.6) is 11.5 Å². The molecule has 2 N–H and O–H groups in total. The molecule has 14 heavy (non-hydrogen) atoms. The summed E-state index contributed by atoms with van der Waals surface area (Å²) in [6.45, 7) is 0.826. The van der Waals surface area contributed by atoms with Gasteiger partial charge in [-0.3, -0.25) is 0 Å². The quantitative estimate of drug-likeness (QED) is 0.881. The Morgan fingerprint density at radius 2 is 2.07 bits per heavy atom. The highest BCUT2D eigenvalue weighted by Crippen LogP contribution is 2.37. The molecule has 0 fully saturated rings. The summed E-state index contributed by atoms with van der Waals surface area (Å²) in [5, 5.41) is 0. The summed E-state index contributed by atoms with van der Waals surface area (Å²) in [6.07, 6.45) is 3.84. The van der Waals surface area contributed by atoms with Crippen LogP contribution in [0.15, 0.2) is 22.7 Å². The number of nitrogens with two attached hydrogens (primary N) is 1. The van der Waals surface area contributed by atoms with E-state index < -0.39 is 0 Å². The van der Waals surface area contributed by atoms with Crippen molar-refractivity contribution in [1.82, 2.24) is 0 Å². The largest absolute Gasteiger partial charge is 0.454 e. The molecule has 0 bridgehead atoms. The lowest BCUT2D eigenvalue weighted by molar-refractivity contribution is 0.174. The molecular formula is C10H10BrNO2. The van der Waals surface area contributed by atoms with Crippen LogP contribution in [0.25, 0.3) is 6.08 Å². The summed E-state index contributed by atoms with van der Waals surface area (Å²) in [7, 11) is 0. The lowest BCUT2D eigenvalue weighted by atomic mass is 10.2. The minimum atomic E-state index is 0.297. The highest BCUT2D eigenvalue weighted by Gasteiger charge is 2.14. The molecule has 2 rings (SSSR count). The van der Waals surface area contributed by atoms with E-state index in [9.17, 15) is 0 Å². The van der Waals surface area contributed by atoms with Crippen molar-refractivity contribution in [3.05, 3.63) is 28.2 Å². The van der Waals surface area contributed by atoms with Crippen LogP contribution in [0, 0.1) is 0 Å². The van der Waals surface area contributed by atoms with Gasteiger partial charge < -0.3 is 15.2 Å². The summed E-state index contributed by atoms with van der Waals surface area (Å²) in [5.74, 6) is 1.56. The van der Waals surface area contributed by atoms with Crippen molar-refractivity contribution in [3.8, 4) is 11.5 Å². The van der Waals surface area contributed by atoms with Gasteiger partial charge in [0, 0.05) is 11.0 Å². The first-order chi connectivity index (χ1) is 6.81. The van der Waals surface area contributed by atoms with Gasteiger partial charge in [0.25, 0.3) is 0 Å². The summed E-state index contributed by atoms with van der Waals surface area (Å²) >= 11 is 3.45. The third-order valence-electron chi connectivity index (χ3n) is 1.93. The van der Waals surface area contributed by atoms with Gasteiger partial charge >= 0.3 is 0 Å². The highest BCUT2D eigenvalue weighted by atomic mass is 79.9. The number of hydrogen-bond donors (Lipinski definition) is 1. The second-order valence-electron chi connectivity index (χ2n) is 2.87. The number of benzene rings is 1. The second kappa shape index (κ2) is 4.02. The van der Waals surface area contributed by atoms with E-state index in [0.717, 1.165) is 21.5 Å². The van der Waals surface area contributed by atoms with Gasteiger partial charge in [-0.2, -0.15) is 0 Å². The van der Waals surface area contributed by atoms with E-state index in [4.69, 9.17) is 15.2 Å². The molecule has 1 aromatic rings. The van der Waals surface area contributed by atoms with Gasteiger partial charge in [-0.1, -0.05) is 28.1 Å². The van der Waals surface area contributed by atoms with E-state index in [1.165, 1.54) is 0 Å². The maximum Gasteiger partial charge on any atom is 0.231 e. The van der Waals surface area contributed by atoms with Gasteiger partial charge in [-0.25, -0.2) is 0 Å². The van der Waals surface area contributed by atoms with E-state index in [1.54, 1.807) is 0 Å². The first-order valence-corrected chi connectivity index (χ1v) is 5.06. The van der Waals surface area contributed by atoms with E-state index in [1.807, 2.05) is 24.3 Å². The molecule has 0 saturated heterocycles. The van der Waals surface area contributed by atoms with Gasteiger partial charge in [0.1, 0.15) is 0 Å². The molecule has 3 nitrogen and oxygen atoms in total. The lowest BCUT2D eigenvalue weighted by Gasteiger charge is -2.01. The number of halogens is 1. The molecule has 0 radical (unpaired) electrons. The van der Waals surface area contributed by atoms with Crippen LogP contribution in [0.4, 0.5) is 0 Å². The first kappa shape index (κ1) is 9.55. The summed E-state index contributed by atoms with van der Waals surface area (Å²) in [5.41, 5.74) is 6.42. The van der Waals surface area contributed by atoms with Crippen molar-refractivity contribution < 1.29 is 9.47 Å². The van der Waals surface area contributed by atoms with Crippen LogP contribution in [0.2, 0.25) is 0 Å². The molecule has 4 heteroatoms. The van der Waals surface area contributed by atoms with Crippen molar-refractivity contribution in [3.63, 3.8) is 0 Å². The molecule has 0 saturated carbocycles. The molecule has 1 aliphatic rings. The number of rotatable bonds is 2. The van der Waals surface area contributed by atoms with Crippen LogP contribution in [-0.4, -0.2) is 13.3 Å². The van der Waals surface area contributed by atoms with Crippen LogP contribution >= 0.6 is 15.9 Å². The predicted molar refractivity (Wildman–Crippen MR) is 58.4 cm³/mol. The van der Waals surface area contributed by atoms with Crippen molar-refractivity contribution in [2.45, 2.75) is 0 Å². The minimum absolute atomic E-state index is 0.297. The number of fused-ring (bicyclic) bond motifs is 1. The topological polar surface area (TPSA) is 44.5 Å². The maximum atomic E-state index is 5.38. The molecule has 1 aliphatic heterocycles. The molecule has 0 unspecified atom stereocenters. The predicted octanol–water partition coefficient (Wildman–Crippen LogP) is 2.15. The van der Waals surface area contributed by atoms with Gasteiger partial charge in [-0.15, -0.1) is 0 Å². The van der Waals surface area contributed by atoms with Gasteiger partial charge in [0.05, 0.1) is 0 Å². The Labute approximate surface area is 90.6 Å². The highest BCUT2D eigenvalue weighted by molar-refractivity contribution is 9.10. The Hall–Kier alpha value is -1.00. The zero-order valence-corrected chi connectivity index (χ0v) is 9.08. The van der Waals surface area contributed by atoms with E-state index in [0.29, 0.717) is 13.3 Å². The van der Waals surface area contributed by atoms with Crippen molar-refractivity contribution in [1.29, 1.82) is 0 Å². The normalized spacial score (nSPS) is 13.9. The monoisotopic (exact) mass is 255 g/mol. The number of ether oxygens (including phenoxy) is 2. The summed E-state index contributed by atoms with van der Waals surface area (Å²) < 4.78 is 11.5. The minimum Gasteiger partial charge on any atom is -0.454 e.